The van der Waals surface area contributed by atoms with Crippen LogP contribution in [0.25, 0.3) is 0 Å². The summed E-state index contributed by atoms with van der Waals surface area (Å²) in [7, 11) is 0. The van der Waals surface area contributed by atoms with Gasteiger partial charge in [-0.05, 0) is 96.8 Å². The summed E-state index contributed by atoms with van der Waals surface area (Å²) in [5.74, 6) is 1.89. The number of hydrogen-bond donors (Lipinski definition) is 3. The lowest BCUT2D eigenvalue weighted by molar-refractivity contribution is 0.0593. The Bertz CT molecular complexity index is 1170. The van der Waals surface area contributed by atoms with E-state index in [1.54, 1.807) is 5.57 Å². The van der Waals surface area contributed by atoms with Crippen molar-refractivity contribution in [1.29, 1.82) is 0 Å². The number of aliphatic hydroxyl groups excluding tert-OH is 2. The van der Waals surface area contributed by atoms with Gasteiger partial charge >= 0.3 is 0 Å². The van der Waals surface area contributed by atoms with Crippen LogP contribution in [0.5, 0.6) is 0 Å². The molecule has 0 spiro atoms. The molecule has 3 aliphatic rings. The maximum Gasteiger partial charge on any atom is 0.115 e. The van der Waals surface area contributed by atoms with E-state index in [1.807, 2.05) is 60.7 Å². The molecule has 3 nitrogen and oxygen atoms in total. The van der Waals surface area contributed by atoms with E-state index in [2.05, 4.69) is 32.6 Å². The van der Waals surface area contributed by atoms with Crippen LogP contribution >= 0.6 is 0 Å². The summed E-state index contributed by atoms with van der Waals surface area (Å²) in [6.07, 6.45) is 13.3. The summed E-state index contributed by atoms with van der Waals surface area (Å²) >= 11 is 0. The molecule has 3 fully saturated rings. The quantitative estimate of drug-likeness (QED) is 0.319. The highest BCUT2D eigenvalue weighted by molar-refractivity contribution is 5.39. The van der Waals surface area contributed by atoms with Gasteiger partial charge in [-0.15, -0.1) is 0 Å². The average Bonchev–Trinajstić information content (AvgIpc) is 3.32. The lowest BCUT2D eigenvalue weighted by Gasteiger charge is -2.44. The van der Waals surface area contributed by atoms with Gasteiger partial charge in [0.05, 0.1) is 12.2 Å². The zero-order valence-corrected chi connectivity index (χ0v) is 24.4. The Kier molecular flexibility index (Phi) is 8.85. The largest absolute Gasteiger partial charge is 0.393 e. The normalized spacial score (nSPS) is 31.9. The van der Waals surface area contributed by atoms with E-state index in [4.69, 9.17) is 0 Å². The van der Waals surface area contributed by atoms with Crippen molar-refractivity contribution in [2.75, 3.05) is 0 Å². The van der Waals surface area contributed by atoms with E-state index >= 15 is 0 Å². The first-order chi connectivity index (χ1) is 19.2. The SMILES string of the molecule is C=C1/C(=C\C=C2/CCC[C@]3(C)[C@@H]([C@H](C)CCCC(O)(c4ccccc4)c4ccccc4)CC[C@@H]23)C[C@@H](O)C[C@@H]1O. The number of allylic oxidation sites excluding steroid dienone is 3. The van der Waals surface area contributed by atoms with Crippen molar-refractivity contribution in [3.8, 4) is 0 Å². The smallest absolute Gasteiger partial charge is 0.115 e. The second-order valence-electron chi connectivity index (χ2n) is 13.1. The number of aliphatic hydroxyl groups is 3. The Hall–Kier alpha value is -2.46. The zero-order chi connectivity index (χ0) is 28.3. The molecular weight excluding hydrogens is 492 g/mol. The first-order valence-corrected chi connectivity index (χ1v) is 15.5. The molecule has 0 saturated heterocycles. The summed E-state index contributed by atoms with van der Waals surface area (Å²) in [4.78, 5) is 0. The molecule has 3 aliphatic carbocycles. The third-order valence-corrected chi connectivity index (χ3v) is 10.7. The van der Waals surface area contributed by atoms with E-state index in [9.17, 15) is 15.3 Å². The van der Waals surface area contributed by atoms with Gasteiger partial charge in [-0.25, -0.2) is 0 Å². The van der Waals surface area contributed by atoms with Crippen LogP contribution < -0.4 is 0 Å². The van der Waals surface area contributed by atoms with Crippen LogP contribution in [-0.2, 0) is 5.60 Å². The van der Waals surface area contributed by atoms with E-state index < -0.39 is 17.8 Å². The molecule has 40 heavy (non-hydrogen) atoms. The zero-order valence-electron chi connectivity index (χ0n) is 24.4. The molecule has 214 valence electrons. The molecule has 2 aromatic rings. The number of fused-ring (bicyclic) bond motifs is 1. The maximum atomic E-state index is 12.0. The van der Waals surface area contributed by atoms with Crippen molar-refractivity contribution in [1.82, 2.24) is 0 Å². The highest BCUT2D eigenvalue weighted by atomic mass is 16.3. The fourth-order valence-electron chi connectivity index (χ4n) is 8.44. The lowest BCUT2D eigenvalue weighted by atomic mass is 9.60. The van der Waals surface area contributed by atoms with Crippen LogP contribution in [0, 0.1) is 23.2 Å². The van der Waals surface area contributed by atoms with Crippen molar-refractivity contribution in [2.24, 2.45) is 23.2 Å². The van der Waals surface area contributed by atoms with Crippen LogP contribution in [0.15, 0.2) is 96.1 Å². The van der Waals surface area contributed by atoms with E-state index in [-0.39, 0.29) is 0 Å². The number of rotatable bonds is 8. The average molecular weight is 541 g/mol. The predicted octanol–water partition coefficient (Wildman–Crippen LogP) is 7.87. The second kappa shape index (κ2) is 12.2. The van der Waals surface area contributed by atoms with Crippen LogP contribution in [0.4, 0.5) is 0 Å². The molecule has 5 rings (SSSR count). The van der Waals surface area contributed by atoms with Gasteiger partial charge in [0.25, 0.3) is 0 Å². The molecule has 0 heterocycles. The van der Waals surface area contributed by atoms with E-state index in [0.717, 1.165) is 48.0 Å². The van der Waals surface area contributed by atoms with Crippen molar-refractivity contribution in [3.05, 3.63) is 107 Å². The first-order valence-electron chi connectivity index (χ1n) is 15.5. The van der Waals surface area contributed by atoms with Gasteiger partial charge in [0.1, 0.15) is 5.60 Å². The van der Waals surface area contributed by atoms with Gasteiger partial charge < -0.3 is 15.3 Å². The van der Waals surface area contributed by atoms with Gasteiger partial charge in [-0.1, -0.05) is 105 Å². The molecule has 3 heteroatoms. The Morgan fingerprint density at radius 2 is 1.65 bits per heavy atom. The number of hydrogen-bond acceptors (Lipinski definition) is 3. The summed E-state index contributed by atoms with van der Waals surface area (Å²) < 4.78 is 0. The summed E-state index contributed by atoms with van der Waals surface area (Å²) in [6.45, 7) is 9.07. The summed E-state index contributed by atoms with van der Waals surface area (Å²) in [5.41, 5.74) is 4.59. The van der Waals surface area contributed by atoms with Crippen molar-refractivity contribution in [3.63, 3.8) is 0 Å². The second-order valence-corrected chi connectivity index (χ2v) is 13.1. The van der Waals surface area contributed by atoms with Gasteiger partial charge in [0, 0.05) is 6.42 Å². The Morgan fingerprint density at radius 3 is 2.30 bits per heavy atom. The van der Waals surface area contributed by atoms with Gasteiger partial charge in [-0.3, -0.25) is 0 Å². The molecule has 0 radical (unpaired) electrons. The van der Waals surface area contributed by atoms with E-state index in [0.29, 0.717) is 36.0 Å². The monoisotopic (exact) mass is 540 g/mol. The van der Waals surface area contributed by atoms with Crippen LogP contribution in [-0.4, -0.2) is 27.5 Å². The topological polar surface area (TPSA) is 60.7 Å². The van der Waals surface area contributed by atoms with Crippen LogP contribution in [0.3, 0.4) is 0 Å². The third-order valence-electron chi connectivity index (χ3n) is 10.7. The molecule has 0 bridgehead atoms. The molecule has 2 aromatic carbocycles. The molecule has 6 atom stereocenters. The predicted molar refractivity (Wildman–Crippen MR) is 164 cm³/mol. The fourth-order valence-corrected chi connectivity index (χ4v) is 8.44. The molecule has 3 saturated carbocycles. The molecule has 3 N–H and O–H groups in total. The number of benzene rings is 2. The highest BCUT2D eigenvalue weighted by Crippen LogP contribution is 2.60. The summed E-state index contributed by atoms with van der Waals surface area (Å²) in [5, 5.41) is 32.4. The first kappa shape index (κ1) is 29.0. The van der Waals surface area contributed by atoms with Crippen LogP contribution in [0.1, 0.15) is 89.2 Å². The highest BCUT2D eigenvalue weighted by Gasteiger charge is 2.50. The minimum atomic E-state index is -0.969. The Balaban J connectivity index is 1.27. The fraction of sp³-hybridized carbons (Fsp3) is 0.514. The molecule has 0 amide bonds. The molecular formula is C37H48O3. The van der Waals surface area contributed by atoms with Gasteiger partial charge in [0.15, 0.2) is 0 Å². The third kappa shape index (κ3) is 5.79. The van der Waals surface area contributed by atoms with Crippen LogP contribution in [0.2, 0.25) is 0 Å². The molecule has 0 aromatic heterocycles. The molecule has 0 aliphatic heterocycles. The minimum Gasteiger partial charge on any atom is -0.393 e. The maximum absolute atomic E-state index is 12.0. The van der Waals surface area contributed by atoms with Crippen molar-refractivity contribution >= 4 is 0 Å². The van der Waals surface area contributed by atoms with Gasteiger partial charge in [-0.2, -0.15) is 0 Å². The van der Waals surface area contributed by atoms with Gasteiger partial charge in [0.2, 0.25) is 0 Å². The van der Waals surface area contributed by atoms with Crippen molar-refractivity contribution < 1.29 is 15.3 Å². The van der Waals surface area contributed by atoms with E-state index in [1.165, 1.54) is 25.7 Å². The Morgan fingerprint density at radius 1 is 1.00 bits per heavy atom. The standard InChI is InChI=1S/C37H48O3/c1-26(12-10-23-37(40,30-14-6-4-7-15-30)31-16-8-5-9-17-31)33-20-21-34-28(13-11-22-36(33,34)3)18-19-29-24-32(38)25-35(39)27(29)2/h4-9,14-19,26,32-35,38-40H,2,10-13,20-25H2,1,3H3/b28-18+,29-19-/t26-,32-,33-,34+,35+,36-/m1/s1. The lowest BCUT2D eigenvalue weighted by Crippen LogP contribution is -2.36. The Labute approximate surface area is 241 Å². The minimum absolute atomic E-state index is 0.305. The summed E-state index contributed by atoms with van der Waals surface area (Å²) in [6, 6.07) is 20.3. The molecule has 0 unspecified atom stereocenters. The van der Waals surface area contributed by atoms with Crippen molar-refractivity contribution in [2.45, 2.75) is 95.9 Å².